The zero-order valence-corrected chi connectivity index (χ0v) is 11.8. The van der Waals surface area contributed by atoms with Crippen molar-refractivity contribution in [1.82, 2.24) is 0 Å². The van der Waals surface area contributed by atoms with Crippen LogP contribution in [0.4, 0.5) is 10.1 Å². The SMILES string of the molecule is Cc1ccc(NC2CCCCc3ccccc32)cc1F. The van der Waals surface area contributed by atoms with Crippen LogP contribution in [0.25, 0.3) is 0 Å². The first-order valence-corrected chi connectivity index (χ1v) is 7.34. The summed E-state index contributed by atoms with van der Waals surface area (Å²) < 4.78 is 13.7. The van der Waals surface area contributed by atoms with Crippen LogP contribution in [-0.2, 0) is 6.42 Å². The Labute approximate surface area is 119 Å². The van der Waals surface area contributed by atoms with Crippen molar-refractivity contribution in [2.45, 2.75) is 38.6 Å². The predicted molar refractivity (Wildman–Crippen MR) is 81.5 cm³/mol. The van der Waals surface area contributed by atoms with Gasteiger partial charge < -0.3 is 5.32 Å². The molecule has 1 aliphatic carbocycles. The lowest BCUT2D eigenvalue weighted by molar-refractivity contribution is 0.616. The Bertz CT molecular complexity index is 606. The van der Waals surface area contributed by atoms with E-state index in [1.54, 1.807) is 13.0 Å². The van der Waals surface area contributed by atoms with E-state index in [0.29, 0.717) is 5.56 Å². The second-order valence-electron chi connectivity index (χ2n) is 5.61. The zero-order valence-electron chi connectivity index (χ0n) is 11.8. The van der Waals surface area contributed by atoms with Crippen LogP contribution in [0.3, 0.4) is 0 Å². The molecule has 0 amide bonds. The molecule has 2 aromatic carbocycles. The fourth-order valence-corrected chi connectivity index (χ4v) is 2.95. The van der Waals surface area contributed by atoms with E-state index in [0.717, 1.165) is 18.5 Å². The summed E-state index contributed by atoms with van der Waals surface area (Å²) in [7, 11) is 0. The van der Waals surface area contributed by atoms with Crippen LogP contribution in [-0.4, -0.2) is 0 Å². The third-order valence-corrected chi connectivity index (χ3v) is 4.13. The minimum absolute atomic E-state index is 0.142. The first-order valence-electron chi connectivity index (χ1n) is 7.34. The highest BCUT2D eigenvalue weighted by molar-refractivity contribution is 5.48. The van der Waals surface area contributed by atoms with Gasteiger partial charge in [-0.1, -0.05) is 36.8 Å². The maximum atomic E-state index is 13.7. The van der Waals surface area contributed by atoms with Crippen molar-refractivity contribution in [2.24, 2.45) is 0 Å². The van der Waals surface area contributed by atoms with Crippen LogP contribution in [0.15, 0.2) is 42.5 Å². The maximum Gasteiger partial charge on any atom is 0.128 e. The van der Waals surface area contributed by atoms with E-state index in [9.17, 15) is 4.39 Å². The summed E-state index contributed by atoms with van der Waals surface area (Å²) in [5.41, 5.74) is 4.35. The van der Waals surface area contributed by atoms with Gasteiger partial charge >= 0.3 is 0 Å². The molecule has 1 nitrogen and oxygen atoms in total. The van der Waals surface area contributed by atoms with E-state index in [-0.39, 0.29) is 11.9 Å². The lowest BCUT2D eigenvalue weighted by Gasteiger charge is -2.21. The number of nitrogens with one attached hydrogen (secondary N) is 1. The predicted octanol–water partition coefficient (Wildman–Crippen LogP) is 5.01. The maximum absolute atomic E-state index is 13.7. The third kappa shape index (κ3) is 2.69. The molecule has 0 saturated heterocycles. The second-order valence-corrected chi connectivity index (χ2v) is 5.61. The summed E-state index contributed by atoms with van der Waals surface area (Å²) >= 11 is 0. The van der Waals surface area contributed by atoms with Gasteiger partial charge in [0.05, 0.1) is 6.04 Å². The van der Waals surface area contributed by atoms with Gasteiger partial charge in [-0.05, 0) is 55.0 Å². The first-order chi connectivity index (χ1) is 9.74. The highest BCUT2D eigenvalue weighted by atomic mass is 19.1. The molecular formula is C18H20FN. The Kier molecular flexibility index (Phi) is 3.72. The van der Waals surface area contributed by atoms with Crippen LogP contribution in [0, 0.1) is 12.7 Å². The summed E-state index contributed by atoms with van der Waals surface area (Å²) in [6, 6.07) is 14.3. The minimum atomic E-state index is -0.142. The summed E-state index contributed by atoms with van der Waals surface area (Å²) in [5.74, 6) is -0.142. The van der Waals surface area contributed by atoms with Crippen molar-refractivity contribution in [3.63, 3.8) is 0 Å². The largest absolute Gasteiger partial charge is 0.378 e. The van der Waals surface area contributed by atoms with Crippen molar-refractivity contribution in [3.8, 4) is 0 Å². The van der Waals surface area contributed by atoms with E-state index in [1.807, 2.05) is 12.1 Å². The van der Waals surface area contributed by atoms with Crippen molar-refractivity contribution in [3.05, 3.63) is 65.0 Å². The zero-order chi connectivity index (χ0) is 13.9. The van der Waals surface area contributed by atoms with Gasteiger partial charge in [0.1, 0.15) is 5.82 Å². The van der Waals surface area contributed by atoms with E-state index >= 15 is 0 Å². The number of aryl methyl sites for hydroxylation is 2. The van der Waals surface area contributed by atoms with Gasteiger partial charge in [-0.2, -0.15) is 0 Å². The molecule has 0 aromatic heterocycles. The highest BCUT2D eigenvalue weighted by Gasteiger charge is 2.18. The van der Waals surface area contributed by atoms with Gasteiger partial charge in [0.2, 0.25) is 0 Å². The van der Waals surface area contributed by atoms with Gasteiger partial charge in [-0.15, -0.1) is 0 Å². The van der Waals surface area contributed by atoms with Gasteiger partial charge in [0, 0.05) is 5.69 Å². The Morgan fingerprint density at radius 1 is 1.10 bits per heavy atom. The summed E-state index contributed by atoms with van der Waals surface area (Å²) in [6.07, 6.45) is 4.70. The fourth-order valence-electron chi connectivity index (χ4n) is 2.95. The molecule has 1 atom stereocenters. The normalized spacial score (nSPS) is 18.2. The van der Waals surface area contributed by atoms with Gasteiger partial charge in [-0.25, -0.2) is 4.39 Å². The van der Waals surface area contributed by atoms with Crippen LogP contribution < -0.4 is 5.32 Å². The third-order valence-electron chi connectivity index (χ3n) is 4.13. The topological polar surface area (TPSA) is 12.0 Å². The monoisotopic (exact) mass is 269 g/mol. The molecule has 0 saturated carbocycles. The van der Waals surface area contributed by atoms with Crippen molar-refractivity contribution in [2.75, 3.05) is 5.32 Å². The lowest BCUT2D eigenvalue weighted by Crippen LogP contribution is -2.11. The van der Waals surface area contributed by atoms with E-state index < -0.39 is 0 Å². The average molecular weight is 269 g/mol. The molecule has 0 spiro atoms. The number of rotatable bonds is 2. The average Bonchev–Trinajstić information content (AvgIpc) is 2.66. The molecule has 1 aliphatic rings. The standard InChI is InChI=1S/C18H20FN/c1-13-10-11-15(12-17(13)19)20-18-9-5-3-7-14-6-2-4-8-16(14)18/h2,4,6,8,10-12,18,20H,3,5,7,9H2,1H3. The molecule has 0 heterocycles. The van der Waals surface area contributed by atoms with Crippen LogP contribution >= 0.6 is 0 Å². The molecule has 1 unspecified atom stereocenters. The van der Waals surface area contributed by atoms with Crippen molar-refractivity contribution in [1.29, 1.82) is 0 Å². The number of halogens is 1. The Hall–Kier alpha value is -1.83. The molecule has 0 radical (unpaired) electrons. The van der Waals surface area contributed by atoms with Crippen LogP contribution in [0.1, 0.15) is 42.0 Å². The van der Waals surface area contributed by atoms with E-state index in [2.05, 4.69) is 29.6 Å². The van der Waals surface area contributed by atoms with Crippen LogP contribution in [0.2, 0.25) is 0 Å². The Morgan fingerprint density at radius 2 is 1.95 bits per heavy atom. The number of hydrogen-bond donors (Lipinski definition) is 1. The number of anilines is 1. The molecule has 104 valence electrons. The fraction of sp³-hybridized carbons (Fsp3) is 0.333. The molecule has 0 bridgehead atoms. The Balaban J connectivity index is 1.88. The first kappa shape index (κ1) is 13.2. The van der Waals surface area contributed by atoms with Gasteiger partial charge in [0.25, 0.3) is 0 Å². The summed E-state index contributed by atoms with van der Waals surface area (Å²) in [5, 5.41) is 3.51. The molecule has 2 heteroatoms. The Morgan fingerprint density at radius 3 is 2.80 bits per heavy atom. The molecule has 0 fully saturated rings. The molecule has 20 heavy (non-hydrogen) atoms. The number of fused-ring (bicyclic) bond motifs is 1. The van der Waals surface area contributed by atoms with E-state index in [1.165, 1.54) is 24.0 Å². The number of benzene rings is 2. The number of hydrogen-bond acceptors (Lipinski definition) is 1. The van der Waals surface area contributed by atoms with Crippen LogP contribution in [0.5, 0.6) is 0 Å². The highest BCUT2D eigenvalue weighted by Crippen LogP contribution is 2.31. The molecule has 1 N–H and O–H groups in total. The quantitative estimate of drug-likeness (QED) is 0.755. The van der Waals surface area contributed by atoms with Crippen molar-refractivity contribution >= 4 is 5.69 Å². The van der Waals surface area contributed by atoms with Gasteiger partial charge in [0.15, 0.2) is 0 Å². The summed E-state index contributed by atoms with van der Waals surface area (Å²) in [4.78, 5) is 0. The summed E-state index contributed by atoms with van der Waals surface area (Å²) in [6.45, 7) is 1.79. The van der Waals surface area contributed by atoms with Gasteiger partial charge in [-0.3, -0.25) is 0 Å². The smallest absolute Gasteiger partial charge is 0.128 e. The minimum Gasteiger partial charge on any atom is -0.378 e. The lowest BCUT2D eigenvalue weighted by atomic mass is 9.99. The molecule has 3 rings (SSSR count). The molecular weight excluding hydrogens is 249 g/mol. The molecule has 0 aliphatic heterocycles. The van der Waals surface area contributed by atoms with E-state index in [4.69, 9.17) is 0 Å². The molecule has 2 aromatic rings. The van der Waals surface area contributed by atoms with Crippen molar-refractivity contribution < 1.29 is 4.39 Å². The second kappa shape index (κ2) is 5.66.